The molecule has 0 unspecified atom stereocenters. The Balaban J connectivity index is 0.000000220. The van der Waals surface area contributed by atoms with Gasteiger partial charge in [-0.05, 0) is 92.3 Å². The second-order valence-corrected chi connectivity index (χ2v) is 11.9. The highest BCUT2D eigenvalue weighted by Gasteiger charge is 2.16. The van der Waals surface area contributed by atoms with E-state index in [1.54, 1.807) is 47.0 Å². The first kappa shape index (κ1) is 37.4. The van der Waals surface area contributed by atoms with E-state index in [1.807, 2.05) is 43.3 Å². The van der Waals surface area contributed by atoms with Gasteiger partial charge in [0.25, 0.3) is 0 Å². The van der Waals surface area contributed by atoms with E-state index >= 15 is 0 Å². The van der Waals surface area contributed by atoms with Gasteiger partial charge < -0.3 is 36.3 Å². The molecule has 1 fully saturated rings. The topological polar surface area (TPSA) is 158 Å². The summed E-state index contributed by atoms with van der Waals surface area (Å²) in [7, 11) is 2.13. The number of aldehydes is 1. The van der Waals surface area contributed by atoms with Crippen LogP contribution >= 0.6 is 11.6 Å². The normalized spacial score (nSPS) is 12.6. The van der Waals surface area contributed by atoms with E-state index in [9.17, 15) is 14.0 Å². The molecule has 0 atom stereocenters. The van der Waals surface area contributed by atoms with Crippen molar-refractivity contribution in [1.82, 2.24) is 14.5 Å². The Kier molecular flexibility index (Phi) is 13.7. The number of aliphatic imine (C=N–C) groups is 1. The molecule has 1 aromatic heterocycles. The first-order valence-corrected chi connectivity index (χ1v) is 16.5. The minimum Gasteiger partial charge on any atom is -0.457 e. The van der Waals surface area contributed by atoms with Crippen LogP contribution in [0.3, 0.4) is 0 Å². The predicted molar refractivity (Wildman–Crippen MR) is 198 cm³/mol. The first-order valence-electron chi connectivity index (χ1n) is 16.1. The maximum absolute atomic E-state index is 12.7. The molecule has 11 nitrogen and oxygen atoms in total. The number of rotatable bonds is 9. The number of carbonyl (C=O) groups is 2. The van der Waals surface area contributed by atoms with Crippen LogP contribution in [-0.2, 0) is 11.3 Å². The molecule has 1 aliphatic heterocycles. The summed E-state index contributed by atoms with van der Waals surface area (Å²) in [6, 6.07) is 26.3. The van der Waals surface area contributed by atoms with Crippen molar-refractivity contribution in [2.45, 2.75) is 19.9 Å². The Bertz CT molecular complexity index is 1890. The highest BCUT2D eigenvalue weighted by molar-refractivity contribution is 6.30. The molecule has 50 heavy (non-hydrogen) atoms. The number of hydrogen-bond donors (Lipinski definition) is 3. The van der Waals surface area contributed by atoms with Gasteiger partial charge in [0, 0.05) is 54.6 Å². The molecule has 1 saturated heterocycles. The van der Waals surface area contributed by atoms with Gasteiger partial charge in [-0.25, -0.2) is 9.37 Å². The molecular weight excluding hydrogens is 659 g/mol. The van der Waals surface area contributed by atoms with E-state index in [2.05, 4.69) is 26.8 Å². The van der Waals surface area contributed by atoms with Gasteiger partial charge in [-0.2, -0.15) is 0 Å². The fraction of sp³-hybridized carbons (Fsp3) is 0.243. The summed E-state index contributed by atoms with van der Waals surface area (Å²) in [6.07, 6.45) is 1.75. The minimum absolute atomic E-state index is 0.0332. The quantitative estimate of drug-likeness (QED) is 0.100. The van der Waals surface area contributed by atoms with Crippen LogP contribution in [0.25, 0.3) is 22.4 Å². The number of amides is 1. The molecule has 0 radical (unpaired) electrons. The lowest BCUT2D eigenvalue weighted by molar-refractivity contribution is -0.118. The SMILES string of the molecule is CCCN=C(N)N.CN1CCN(c2ccc(F)cc2)CC1.NC(=O)Cn1c(-c2cccc(Oc3ccc(Cl)cc3)c2)nc2cc(C=O)ccc21. The van der Waals surface area contributed by atoms with E-state index < -0.39 is 5.91 Å². The van der Waals surface area contributed by atoms with Crippen LogP contribution in [0.2, 0.25) is 5.02 Å². The summed E-state index contributed by atoms with van der Waals surface area (Å²) in [4.78, 5) is 35.7. The largest absolute Gasteiger partial charge is 0.457 e. The summed E-state index contributed by atoms with van der Waals surface area (Å²) in [5, 5.41) is 0.626. The number of halogens is 2. The molecule has 6 N–H and O–H groups in total. The summed E-state index contributed by atoms with van der Waals surface area (Å²) < 4.78 is 20.3. The molecule has 1 aliphatic rings. The van der Waals surface area contributed by atoms with Gasteiger partial charge in [0.15, 0.2) is 5.96 Å². The van der Waals surface area contributed by atoms with Crippen molar-refractivity contribution in [3.63, 3.8) is 0 Å². The van der Waals surface area contributed by atoms with Gasteiger partial charge in [-0.3, -0.25) is 14.6 Å². The van der Waals surface area contributed by atoms with Crippen LogP contribution in [0.15, 0.2) is 96.0 Å². The molecule has 0 saturated carbocycles. The highest BCUT2D eigenvalue weighted by Crippen LogP contribution is 2.30. The monoisotopic (exact) mass is 700 g/mol. The molecule has 5 aromatic rings. The number of carbonyl (C=O) groups excluding carboxylic acids is 2. The number of imidazole rings is 1. The van der Waals surface area contributed by atoms with Gasteiger partial charge >= 0.3 is 0 Å². The Morgan fingerprint density at radius 1 is 0.940 bits per heavy atom. The second-order valence-electron chi connectivity index (χ2n) is 11.5. The smallest absolute Gasteiger partial charge is 0.237 e. The van der Waals surface area contributed by atoms with E-state index in [1.165, 1.54) is 12.1 Å². The van der Waals surface area contributed by atoms with E-state index in [-0.39, 0.29) is 18.3 Å². The van der Waals surface area contributed by atoms with Gasteiger partial charge in [-0.15, -0.1) is 0 Å². The molecule has 0 bridgehead atoms. The number of guanidine groups is 1. The zero-order valence-corrected chi connectivity index (χ0v) is 28.9. The summed E-state index contributed by atoms with van der Waals surface area (Å²) in [6.45, 7) is 6.95. The van der Waals surface area contributed by atoms with Crippen molar-refractivity contribution in [1.29, 1.82) is 0 Å². The lowest BCUT2D eigenvalue weighted by Crippen LogP contribution is -2.44. The fourth-order valence-corrected chi connectivity index (χ4v) is 5.18. The van der Waals surface area contributed by atoms with Gasteiger partial charge in [0.05, 0.1) is 11.0 Å². The van der Waals surface area contributed by atoms with Crippen molar-refractivity contribution in [3.8, 4) is 22.9 Å². The zero-order valence-electron chi connectivity index (χ0n) is 28.1. The Morgan fingerprint density at radius 2 is 1.64 bits per heavy atom. The van der Waals surface area contributed by atoms with Crippen LogP contribution < -0.4 is 26.8 Å². The summed E-state index contributed by atoms with van der Waals surface area (Å²) in [5.74, 6) is 1.34. The number of ether oxygens (including phenoxy) is 1. The third-order valence-electron chi connectivity index (χ3n) is 7.58. The maximum atomic E-state index is 12.7. The molecule has 0 aliphatic carbocycles. The van der Waals surface area contributed by atoms with Crippen LogP contribution in [0, 0.1) is 5.82 Å². The number of nitrogens with zero attached hydrogens (tertiary/aromatic N) is 5. The zero-order chi connectivity index (χ0) is 36.0. The minimum atomic E-state index is -0.487. The molecular formula is C37H42ClFN8O3. The van der Waals surface area contributed by atoms with Crippen molar-refractivity contribution < 1.29 is 18.7 Å². The molecule has 262 valence electrons. The van der Waals surface area contributed by atoms with Gasteiger partial charge in [0.1, 0.15) is 36.0 Å². The molecule has 1 amide bonds. The standard InChI is InChI=1S/C22H16ClN3O3.C11H15FN2.C4H11N3/c23-16-5-7-17(8-6-16)29-18-3-1-2-15(11-18)22-25-19-10-14(13-27)4-9-20(19)26(22)12-21(24)28;1-13-6-8-14(9-7-13)11-4-2-10(12)3-5-11;1-2-3-7-4(5)6/h1-11,13H,12H2,(H2,24,28);2-5H,6-9H2,1H3;2-3H2,1H3,(H4,5,6,7). The number of fused-ring (bicyclic) bond motifs is 1. The third-order valence-corrected chi connectivity index (χ3v) is 7.83. The molecule has 13 heteroatoms. The van der Waals surface area contributed by atoms with Gasteiger partial charge in [-0.1, -0.05) is 30.7 Å². The Hall–Kier alpha value is -5.46. The van der Waals surface area contributed by atoms with Gasteiger partial charge in [0.2, 0.25) is 5.91 Å². The lowest BCUT2D eigenvalue weighted by Gasteiger charge is -2.34. The van der Waals surface area contributed by atoms with Crippen LogP contribution in [-0.4, -0.2) is 72.4 Å². The van der Waals surface area contributed by atoms with Crippen LogP contribution in [0.1, 0.15) is 23.7 Å². The molecule has 6 rings (SSSR count). The van der Waals surface area contributed by atoms with E-state index in [0.717, 1.165) is 56.7 Å². The lowest BCUT2D eigenvalue weighted by atomic mass is 10.2. The number of nitrogens with two attached hydrogens (primary N) is 3. The molecule has 4 aromatic carbocycles. The third kappa shape index (κ3) is 11.0. The number of hydrogen-bond acceptors (Lipinski definition) is 7. The van der Waals surface area contributed by atoms with Crippen molar-refractivity contribution in [2.24, 2.45) is 22.2 Å². The first-order chi connectivity index (χ1) is 24.1. The molecule has 0 spiro atoms. The molecule has 2 heterocycles. The van der Waals surface area contributed by atoms with Crippen molar-refractivity contribution in [3.05, 3.63) is 107 Å². The highest BCUT2D eigenvalue weighted by atomic mass is 35.5. The number of piperazine rings is 1. The Morgan fingerprint density at radius 3 is 2.24 bits per heavy atom. The average Bonchev–Trinajstić information content (AvgIpc) is 3.46. The Labute approximate surface area is 296 Å². The van der Waals surface area contributed by atoms with E-state index in [4.69, 9.17) is 33.5 Å². The summed E-state index contributed by atoms with van der Waals surface area (Å²) in [5.41, 5.74) is 19.2. The maximum Gasteiger partial charge on any atom is 0.237 e. The summed E-state index contributed by atoms with van der Waals surface area (Å²) >= 11 is 5.91. The van der Waals surface area contributed by atoms with Crippen LogP contribution in [0.4, 0.5) is 10.1 Å². The number of anilines is 1. The number of benzene rings is 4. The van der Waals surface area contributed by atoms with E-state index in [0.29, 0.717) is 38.9 Å². The number of primary amides is 1. The van der Waals surface area contributed by atoms with Crippen molar-refractivity contribution >= 4 is 46.5 Å². The fourth-order valence-electron chi connectivity index (χ4n) is 5.05. The average molecular weight is 701 g/mol. The number of aromatic nitrogens is 2. The number of likely N-dealkylation sites (N-methyl/N-ethyl adjacent to an activating group) is 1. The second kappa shape index (κ2) is 18.3. The predicted octanol–water partition coefficient (Wildman–Crippen LogP) is 5.69. The van der Waals surface area contributed by atoms with Crippen LogP contribution in [0.5, 0.6) is 11.5 Å². The van der Waals surface area contributed by atoms with Crippen molar-refractivity contribution in [2.75, 3.05) is 44.7 Å².